The van der Waals surface area contributed by atoms with Crippen molar-refractivity contribution in [2.24, 2.45) is 12.8 Å². The Bertz CT molecular complexity index is 1920. The number of carbonyl (C=O) groups excluding carboxylic acids is 2. The molecule has 0 spiro atoms. The van der Waals surface area contributed by atoms with Crippen LogP contribution in [0.15, 0.2) is 83.9 Å². The summed E-state index contributed by atoms with van der Waals surface area (Å²) in [6.45, 7) is -0.0703. The molecule has 1 unspecified atom stereocenters. The van der Waals surface area contributed by atoms with Gasteiger partial charge in [-0.05, 0) is 42.5 Å². The number of esters is 1. The Balaban J connectivity index is 1.29. The first kappa shape index (κ1) is 29.5. The molecule has 2 aromatic carbocycles. The molecular weight excluding hydrogens is 580 g/mol. The summed E-state index contributed by atoms with van der Waals surface area (Å²) < 4.78 is 25.5. The highest BCUT2D eigenvalue weighted by molar-refractivity contribution is 6.04. The monoisotopic (exact) mass is 610 g/mol. The zero-order valence-electron chi connectivity index (χ0n) is 24.5. The molecule has 5 aromatic rings. The summed E-state index contributed by atoms with van der Waals surface area (Å²) >= 11 is 0. The highest BCUT2D eigenvalue weighted by Gasteiger charge is 2.39. The standard InChI is InChI=1S/C32H30N6O7/c1-37-30(23-17-43-18-26(23)45-28(39)15-33)29(32(41)38(37)19-6-4-3-5-7-19)31(40)36-27-11-9-21(16-35-27)44-25-12-13-34-24-14-20(42-2)8-10-22(24)25/h3-14,16,23,26H,15,17-18,33H2,1-2H3,(H,35,36,40)/t23-,26?/m0/s1. The van der Waals surface area contributed by atoms with Crippen LogP contribution < -0.4 is 26.1 Å². The molecule has 3 N–H and O–H groups in total. The molecule has 1 amide bonds. The number of aromatic nitrogens is 4. The van der Waals surface area contributed by atoms with Crippen LogP contribution in [0.1, 0.15) is 22.0 Å². The molecule has 4 heterocycles. The number of hydrogen-bond acceptors (Lipinski definition) is 10. The van der Waals surface area contributed by atoms with Crippen molar-refractivity contribution in [2.45, 2.75) is 12.0 Å². The maximum absolute atomic E-state index is 13.8. The lowest BCUT2D eigenvalue weighted by atomic mass is 9.97. The summed E-state index contributed by atoms with van der Waals surface area (Å²) in [5, 5.41) is 3.52. The van der Waals surface area contributed by atoms with E-state index >= 15 is 0 Å². The molecule has 0 aliphatic carbocycles. The number of carbonyl (C=O) groups is 2. The van der Waals surface area contributed by atoms with Crippen molar-refractivity contribution < 1.29 is 28.5 Å². The smallest absolute Gasteiger partial charge is 0.320 e. The van der Waals surface area contributed by atoms with E-state index in [2.05, 4.69) is 15.3 Å². The van der Waals surface area contributed by atoms with Gasteiger partial charge in [0.25, 0.3) is 11.5 Å². The summed E-state index contributed by atoms with van der Waals surface area (Å²) in [5.74, 6) is -0.00489. The van der Waals surface area contributed by atoms with E-state index in [0.29, 0.717) is 34.1 Å². The Morgan fingerprint density at radius 2 is 1.84 bits per heavy atom. The van der Waals surface area contributed by atoms with Gasteiger partial charge < -0.3 is 30.0 Å². The molecule has 1 saturated heterocycles. The molecule has 6 rings (SSSR count). The number of nitrogens with two attached hydrogens (primary N) is 1. The minimum Gasteiger partial charge on any atom is -0.497 e. The molecule has 1 fully saturated rings. The van der Waals surface area contributed by atoms with Crippen LogP contribution in [0.25, 0.3) is 16.6 Å². The van der Waals surface area contributed by atoms with E-state index in [1.165, 1.54) is 10.9 Å². The molecule has 13 nitrogen and oxygen atoms in total. The SMILES string of the molecule is COc1ccc2c(Oc3ccc(NC(=O)c4c([C@H]5COCC5OC(=O)CN)n(C)n(-c5ccccc5)c4=O)nc3)ccnc2c1. The summed E-state index contributed by atoms with van der Waals surface area (Å²) in [6, 6.07) is 19.4. The third-order valence-electron chi connectivity index (χ3n) is 7.48. The maximum atomic E-state index is 13.8. The lowest BCUT2D eigenvalue weighted by Gasteiger charge is -2.20. The number of methoxy groups -OCH3 is 1. The minimum atomic E-state index is -0.732. The van der Waals surface area contributed by atoms with Crippen molar-refractivity contribution in [1.29, 1.82) is 0 Å². The van der Waals surface area contributed by atoms with Crippen LogP contribution >= 0.6 is 0 Å². The van der Waals surface area contributed by atoms with Gasteiger partial charge in [0.15, 0.2) is 0 Å². The number of nitrogens with one attached hydrogen (secondary N) is 1. The van der Waals surface area contributed by atoms with E-state index in [4.69, 9.17) is 24.7 Å². The predicted molar refractivity (Wildman–Crippen MR) is 164 cm³/mol. The second-order valence-corrected chi connectivity index (χ2v) is 10.2. The molecule has 1 aliphatic rings. The van der Waals surface area contributed by atoms with Crippen molar-refractivity contribution in [2.75, 3.05) is 32.2 Å². The summed E-state index contributed by atoms with van der Waals surface area (Å²) in [4.78, 5) is 48.4. The molecule has 0 saturated carbocycles. The highest BCUT2D eigenvalue weighted by Crippen LogP contribution is 2.32. The number of benzene rings is 2. The zero-order chi connectivity index (χ0) is 31.5. The fraction of sp³-hybridized carbons (Fsp3) is 0.219. The minimum absolute atomic E-state index is 0.103. The largest absolute Gasteiger partial charge is 0.497 e. The van der Waals surface area contributed by atoms with Crippen LogP contribution in [0.2, 0.25) is 0 Å². The fourth-order valence-corrected chi connectivity index (χ4v) is 5.38. The summed E-state index contributed by atoms with van der Waals surface area (Å²) in [7, 11) is 3.26. The van der Waals surface area contributed by atoms with Gasteiger partial charge in [-0.15, -0.1) is 0 Å². The molecule has 0 radical (unpaired) electrons. The topological polar surface area (TPSA) is 162 Å². The van der Waals surface area contributed by atoms with Crippen molar-refractivity contribution in [3.05, 3.63) is 101 Å². The number of ether oxygens (including phenoxy) is 4. The first-order valence-electron chi connectivity index (χ1n) is 14.1. The molecule has 13 heteroatoms. The van der Waals surface area contributed by atoms with E-state index in [1.807, 2.05) is 24.3 Å². The lowest BCUT2D eigenvalue weighted by Crippen LogP contribution is -2.31. The molecule has 2 atom stereocenters. The van der Waals surface area contributed by atoms with Gasteiger partial charge in [-0.1, -0.05) is 18.2 Å². The Labute approximate surface area is 257 Å². The van der Waals surface area contributed by atoms with Gasteiger partial charge in [-0.2, -0.15) is 0 Å². The first-order valence-corrected chi connectivity index (χ1v) is 14.1. The average molecular weight is 611 g/mol. The zero-order valence-corrected chi connectivity index (χ0v) is 24.5. The Hall–Kier alpha value is -5.53. The van der Waals surface area contributed by atoms with Crippen molar-refractivity contribution >= 4 is 28.6 Å². The second-order valence-electron chi connectivity index (χ2n) is 10.2. The van der Waals surface area contributed by atoms with Gasteiger partial charge in [-0.3, -0.25) is 24.0 Å². The number of pyridine rings is 2. The predicted octanol–water partition coefficient (Wildman–Crippen LogP) is 3.16. The van der Waals surface area contributed by atoms with Crippen molar-refractivity contribution in [1.82, 2.24) is 19.3 Å². The average Bonchev–Trinajstić information content (AvgIpc) is 3.62. The van der Waals surface area contributed by atoms with Crippen molar-refractivity contribution in [3.8, 4) is 22.9 Å². The van der Waals surface area contributed by atoms with Gasteiger partial charge in [0.1, 0.15) is 34.7 Å². The molecule has 45 heavy (non-hydrogen) atoms. The maximum Gasteiger partial charge on any atom is 0.320 e. The third kappa shape index (κ3) is 5.86. The molecule has 3 aromatic heterocycles. The number of anilines is 1. The second kappa shape index (κ2) is 12.6. The van der Waals surface area contributed by atoms with Gasteiger partial charge in [0.05, 0.1) is 55.9 Å². The number of fused-ring (bicyclic) bond motifs is 1. The summed E-state index contributed by atoms with van der Waals surface area (Å²) in [5.41, 5.74) is 6.41. The highest BCUT2D eigenvalue weighted by atomic mass is 16.6. The molecule has 1 aliphatic heterocycles. The molecule has 230 valence electrons. The van der Waals surface area contributed by atoms with Gasteiger partial charge in [-0.25, -0.2) is 9.67 Å². The van der Waals surface area contributed by atoms with Crippen LogP contribution in [-0.4, -0.2) is 64.2 Å². The summed E-state index contributed by atoms with van der Waals surface area (Å²) in [6.07, 6.45) is 2.37. The quantitative estimate of drug-likeness (QED) is 0.237. The number of nitrogens with zero attached hydrogens (tertiary/aromatic N) is 4. The Morgan fingerprint density at radius 3 is 2.58 bits per heavy atom. The first-order chi connectivity index (χ1) is 21.9. The van der Waals surface area contributed by atoms with Crippen LogP contribution in [-0.2, 0) is 21.3 Å². The Kier molecular flexibility index (Phi) is 8.27. The number of para-hydroxylation sites is 1. The lowest BCUT2D eigenvalue weighted by molar-refractivity contribution is -0.147. The van der Waals surface area contributed by atoms with E-state index in [9.17, 15) is 14.4 Å². The van der Waals surface area contributed by atoms with Gasteiger partial charge in [0.2, 0.25) is 0 Å². The fourth-order valence-electron chi connectivity index (χ4n) is 5.38. The van der Waals surface area contributed by atoms with Crippen LogP contribution in [0.5, 0.6) is 17.2 Å². The number of rotatable bonds is 9. The van der Waals surface area contributed by atoms with E-state index in [1.54, 1.807) is 67.5 Å². The van der Waals surface area contributed by atoms with Crippen molar-refractivity contribution in [3.63, 3.8) is 0 Å². The van der Waals surface area contributed by atoms with Crippen LogP contribution in [0, 0.1) is 0 Å². The van der Waals surface area contributed by atoms with E-state index in [0.717, 1.165) is 5.39 Å². The Morgan fingerprint density at radius 1 is 1.04 bits per heavy atom. The number of hydrogen-bond donors (Lipinski definition) is 2. The normalized spacial score (nSPS) is 16.0. The van der Waals surface area contributed by atoms with Crippen LogP contribution in [0.3, 0.4) is 0 Å². The van der Waals surface area contributed by atoms with E-state index < -0.39 is 29.5 Å². The third-order valence-corrected chi connectivity index (χ3v) is 7.48. The van der Waals surface area contributed by atoms with E-state index in [-0.39, 0.29) is 31.1 Å². The van der Waals surface area contributed by atoms with Crippen LogP contribution in [0.4, 0.5) is 5.82 Å². The number of amides is 1. The molecular formula is C32H30N6O7. The molecule has 0 bridgehead atoms. The van der Waals surface area contributed by atoms with Gasteiger partial charge in [0, 0.05) is 24.7 Å². The van der Waals surface area contributed by atoms with Gasteiger partial charge >= 0.3 is 5.97 Å².